The summed E-state index contributed by atoms with van der Waals surface area (Å²) in [7, 11) is -3.23. The van der Waals surface area contributed by atoms with Gasteiger partial charge in [-0.1, -0.05) is 18.6 Å². The van der Waals surface area contributed by atoms with Crippen molar-refractivity contribution in [3.8, 4) is 0 Å². The summed E-state index contributed by atoms with van der Waals surface area (Å²) in [4.78, 5) is 0. The minimum Gasteiger partial charge on any atom is -0.313 e. The molecule has 2 rings (SSSR count). The summed E-state index contributed by atoms with van der Waals surface area (Å²) < 4.78 is 63.8. The largest absolute Gasteiger partial charge is 0.416 e. The molecule has 0 bridgehead atoms. The number of hydrogen-bond donors (Lipinski definition) is 1. The molecular weight excluding hydrogens is 353 g/mol. The van der Waals surface area contributed by atoms with Gasteiger partial charge in [-0.15, -0.1) is 0 Å². The van der Waals surface area contributed by atoms with Crippen LogP contribution >= 0.6 is 0 Å². The highest BCUT2D eigenvalue weighted by Gasteiger charge is 2.30. The third-order valence-electron chi connectivity index (χ3n) is 4.47. The van der Waals surface area contributed by atoms with Crippen LogP contribution in [0.1, 0.15) is 43.7 Å². The van der Waals surface area contributed by atoms with Crippen molar-refractivity contribution in [1.29, 1.82) is 0 Å². The molecule has 1 aromatic carbocycles. The fourth-order valence-corrected chi connectivity index (χ4v) is 4.83. The molecular formula is C17H25F3N2O2S. The molecule has 1 fully saturated rings. The molecule has 8 heteroatoms. The van der Waals surface area contributed by atoms with E-state index in [-0.39, 0.29) is 11.8 Å². The van der Waals surface area contributed by atoms with Gasteiger partial charge in [-0.2, -0.15) is 17.5 Å². The average molecular weight is 378 g/mol. The fraction of sp³-hybridized carbons (Fsp3) is 0.647. The number of nitrogens with one attached hydrogen (secondary N) is 1. The molecule has 0 radical (unpaired) electrons. The van der Waals surface area contributed by atoms with Crippen molar-refractivity contribution in [3.63, 3.8) is 0 Å². The zero-order valence-corrected chi connectivity index (χ0v) is 15.2. The summed E-state index contributed by atoms with van der Waals surface area (Å²) in [6, 6.07) is 5.04. The Bertz CT molecular complexity index is 645. The molecule has 0 aliphatic carbocycles. The van der Waals surface area contributed by atoms with Crippen LogP contribution in [0.5, 0.6) is 0 Å². The van der Waals surface area contributed by atoms with Gasteiger partial charge in [-0.05, 0) is 50.4 Å². The number of rotatable bonds is 7. The van der Waals surface area contributed by atoms with Gasteiger partial charge >= 0.3 is 6.18 Å². The molecule has 1 aliphatic heterocycles. The normalized spacial score (nSPS) is 19.9. The first-order chi connectivity index (χ1) is 11.7. The van der Waals surface area contributed by atoms with E-state index in [1.807, 2.05) is 6.92 Å². The monoisotopic (exact) mass is 378 g/mol. The summed E-state index contributed by atoms with van der Waals surface area (Å²) in [6.07, 6.45) is -0.957. The maximum Gasteiger partial charge on any atom is 0.416 e. The topological polar surface area (TPSA) is 49.4 Å². The minimum atomic E-state index is -4.33. The van der Waals surface area contributed by atoms with Gasteiger partial charge < -0.3 is 5.32 Å². The van der Waals surface area contributed by atoms with Crippen molar-refractivity contribution in [2.75, 3.05) is 18.8 Å². The van der Waals surface area contributed by atoms with Crippen molar-refractivity contribution in [2.24, 2.45) is 0 Å². The molecule has 1 atom stereocenters. The molecule has 0 spiro atoms. The Morgan fingerprint density at radius 1 is 1.20 bits per heavy atom. The van der Waals surface area contributed by atoms with Gasteiger partial charge in [0.2, 0.25) is 10.0 Å². The van der Waals surface area contributed by atoms with E-state index in [9.17, 15) is 21.6 Å². The van der Waals surface area contributed by atoms with Crippen LogP contribution in [0.2, 0.25) is 0 Å². The summed E-state index contributed by atoms with van der Waals surface area (Å²) in [5.74, 6) is 0.0946. The fourth-order valence-electron chi connectivity index (χ4n) is 3.03. The number of halogens is 3. The SMILES string of the molecule is C[C@H]1CCCCN1S(=O)(=O)CCCNCc1ccc(C(F)(F)F)cc1. The number of nitrogens with zero attached hydrogens (tertiary/aromatic N) is 1. The van der Waals surface area contributed by atoms with Crippen LogP contribution in [0.25, 0.3) is 0 Å². The first-order valence-corrected chi connectivity index (χ1v) is 10.2. The predicted octanol–water partition coefficient (Wildman–Crippen LogP) is 3.39. The highest BCUT2D eigenvalue weighted by atomic mass is 32.2. The van der Waals surface area contributed by atoms with Gasteiger partial charge in [0.25, 0.3) is 0 Å². The van der Waals surface area contributed by atoms with Crippen LogP contribution < -0.4 is 5.32 Å². The Morgan fingerprint density at radius 2 is 1.88 bits per heavy atom. The smallest absolute Gasteiger partial charge is 0.313 e. The second-order valence-electron chi connectivity index (χ2n) is 6.50. The third-order valence-corrected chi connectivity index (χ3v) is 6.53. The summed E-state index contributed by atoms with van der Waals surface area (Å²) in [6.45, 7) is 3.46. The highest BCUT2D eigenvalue weighted by Crippen LogP contribution is 2.29. The van der Waals surface area contributed by atoms with Gasteiger partial charge in [0.1, 0.15) is 0 Å². The Morgan fingerprint density at radius 3 is 2.48 bits per heavy atom. The Kier molecular flexibility index (Phi) is 6.87. The maximum absolute atomic E-state index is 12.5. The second kappa shape index (κ2) is 8.51. The van der Waals surface area contributed by atoms with Crippen LogP contribution in [0, 0.1) is 0 Å². The van der Waals surface area contributed by atoms with Gasteiger partial charge in [0, 0.05) is 19.1 Å². The molecule has 1 heterocycles. The van der Waals surface area contributed by atoms with E-state index in [1.54, 1.807) is 4.31 Å². The van der Waals surface area contributed by atoms with Crippen molar-refractivity contribution in [3.05, 3.63) is 35.4 Å². The molecule has 1 N–H and O–H groups in total. The average Bonchev–Trinajstić information content (AvgIpc) is 2.54. The van der Waals surface area contributed by atoms with Crippen LogP contribution in [-0.2, 0) is 22.7 Å². The molecule has 0 saturated carbocycles. The van der Waals surface area contributed by atoms with Crippen LogP contribution in [0.3, 0.4) is 0 Å². The number of benzene rings is 1. The lowest BCUT2D eigenvalue weighted by Crippen LogP contribution is -2.43. The van der Waals surface area contributed by atoms with E-state index in [2.05, 4.69) is 5.32 Å². The molecule has 1 aliphatic rings. The maximum atomic E-state index is 12.5. The molecule has 0 amide bonds. The van der Waals surface area contributed by atoms with Crippen molar-refractivity contribution < 1.29 is 21.6 Å². The second-order valence-corrected chi connectivity index (χ2v) is 8.54. The molecule has 4 nitrogen and oxygen atoms in total. The van der Waals surface area contributed by atoms with E-state index in [1.165, 1.54) is 12.1 Å². The number of sulfonamides is 1. The minimum absolute atomic E-state index is 0.0684. The lowest BCUT2D eigenvalue weighted by Gasteiger charge is -2.32. The third kappa shape index (κ3) is 5.97. The van der Waals surface area contributed by atoms with E-state index < -0.39 is 21.8 Å². The van der Waals surface area contributed by atoms with E-state index in [0.717, 1.165) is 37.0 Å². The van der Waals surface area contributed by atoms with Crippen molar-refractivity contribution >= 4 is 10.0 Å². The number of alkyl halides is 3. The molecule has 1 aromatic rings. The van der Waals surface area contributed by atoms with Crippen LogP contribution in [0.15, 0.2) is 24.3 Å². The number of piperidine rings is 1. The van der Waals surface area contributed by atoms with Gasteiger partial charge in [-0.25, -0.2) is 8.42 Å². The van der Waals surface area contributed by atoms with Crippen molar-refractivity contribution in [1.82, 2.24) is 9.62 Å². The first-order valence-electron chi connectivity index (χ1n) is 8.56. The van der Waals surface area contributed by atoms with Gasteiger partial charge in [-0.3, -0.25) is 0 Å². The summed E-state index contributed by atoms with van der Waals surface area (Å²) in [5, 5.41) is 3.08. The Hall–Kier alpha value is -1.12. The lowest BCUT2D eigenvalue weighted by molar-refractivity contribution is -0.137. The first kappa shape index (κ1) is 20.2. The van der Waals surface area contributed by atoms with Crippen molar-refractivity contribution in [2.45, 2.75) is 51.4 Å². The molecule has 1 saturated heterocycles. The zero-order chi connectivity index (χ0) is 18.5. The molecule has 142 valence electrons. The van der Waals surface area contributed by atoms with Crippen LogP contribution in [-0.4, -0.2) is 37.6 Å². The zero-order valence-electron chi connectivity index (χ0n) is 14.3. The summed E-state index contributed by atoms with van der Waals surface area (Å²) >= 11 is 0. The standard InChI is InChI=1S/C17H25F3N2O2S/c1-14-5-2-3-11-22(14)25(23,24)12-4-10-21-13-15-6-8-16(9-7-15)17(18,19)20/h6-9,14,21H,2-5,10-13H2,1H3/t14-/m0/s1. The van der Waals surface area contributed by atoms with Gasteiger partial charge in [0.05, 0.1) is 11.3 Å². The van der Waals surface area contributed by atoms with E-state index in [4.69, 9.17) is 0 Å². The summed E-state index contributed by atoms with van der Waals surface area (Å²) in [5.41, 5.74) is 0.0681. The Balaban J connectivity index is 1.72. The lowest BCUT2D eigenvalue weighted by atomic mass is 10.1. The molecule has 25 heavy (non-hydrogen) atoms. The molecule has 0 unspecified atom stereocenters. The quantitative estimate of drug-likeness (QED) is 0.740. The number of hydrogen-bond acceptors (Lipinski definition) is 3. The van der Waals surface area contributed by atoms with E-state index >= 15 is 0 Å². The Labute approximate surface area is 147 Å². The predicted molar refractivity (Wildman–Crippen MR) is 91.6 cm³/mol. The van der Waals surface area contributed by atoms with Crippen LogP contribution in [0.4, 0.5) is 13.2 Å². The van der Waals surface area contributed by atoms with Gasteiger partial charge in [0.15, 0.2) is 0 Å². The molecule has 0 aromatic heterocycles. The highest BCUT2D eigenvalue weighted by molar-refractivity contribution is 7.89. The van der Waals surface area contributed by atoms with E-state index in [0.29, 0.717) is 26.1 Å².